The normalized spacial score (nSPS) is 13.5. The number of hydrogen-bond donors (Lipinski definition) is 0. The van der Waals surface area contributed by atoms with Gasteiger partial charge >= 0.3 is 0 Å². The summed E-state index contributed by atoms with van der Waals surface area (Å²) in [6.45, 7) is 10.1. The average Bonchev–Trinajstić information content (AvgIpc) is 2.20. The number of benzene rings is 1. The average molecular weight is 376 g/mol. The first kappa shape index (κ1) is 15.9. The topological polar surface area (TPSA) is 17.1 Å². The lowest BCUT2D eigenvalue weighted by molar-refractivity contribution is -0.125. The molecule has 1 atom stereocenters. The number of aryl methyl sites for hydroxylation is 2. The summed E-state index contributed by atoms with van der Waals surface area (Å²) < 4.78 is 1.09. The van der Waals surface area contributed by atoms with Gasteiger partial charge in [-0.2, -0.15) is 0 Å². The van der Waals surface area contributed by atoms with Gasteiger partial charge in [0.05, 0.1) is 4.83 Å². The summed E-state index contributed by atoms with van der Waals surface area (Å²) in [7, 11) is 0. The SMILES string of the molecule is Cc1cc(Br)cc(C)c1CC(Br)C(=O)C(C)(C)C. The van der Waals surface area contributed by atoms with E-state index in [0.717, 1.165) is 10.9 Å². The van der Waals surface area contributed by atoms with Crippen molar-refractivity contribution in [2.24, 2.45) is 5.41 Å². The predicted molar refractivity (Wildman–Crippen MR) is 84.5 cm³/mol. The van der Waals surface area contributed by atoms with Crippen LogP contribution in [0.4, 0.5) is 0 Å². The van der Waals surface area contributed by atoms with Crippen LogP contribution in [0.15, 0.2) is 16.6 Å². The van der Waals surface area contributed by atoms with Crippen LogP contribution in [0.2, 0.25) is 0 Å². The predicted octanol–water partition coefficient (Wildman–Crippen LogP) is 4.99. The van der Waals surface area contributed by atoms with E-state index < -0.39 is 0 Å². The highest BCUT2D eigenvalue weighted by molar-refractivity contribution is 9.10. The molecule has 0 aliphatic rings. The van der Waals surface area contributed by atoms with Gasteiger partial charge in [0.15, 0.2) is 5.78 Å². The molecule has 1 nitrogen and oxygen atoms in total. The lowest BCUT2D eigenvalue weighted by Gasteiger charge is -2.22. The van der Waals surface area contributed by atoms with Crippen molar-refractivity contribution in [1.29, 1.82) is 0 Å². The highest BCUT2D eigenvalue weighted by Gasteiger charge is 2.28. The Balaban J connectivity index is 2.96. The van der Waals surface area contributed by atoms with E-state index in [2.05, 4.69) is 57.8 Å². The third kappa shape index (κ3) is 3.92. The molecule has 1 aromatic carbocycles. The second kappa shape index (κ2) is 5.87. The Bertz CT molecular complexity index is 435. The molecule has 3 heteroatoms. The molecule has 0 amide bonds. The van der Waals surface area contributed by atoms with E-state index in [9.17, 15) is 4.79 Å². The third-order valence-corrected chi connectivity index (χ3v) is 4.27. The van der Waals surface area contributed by atoms with Crippen LogP contribution in [0.5, 0.6) is 0 Å². The van der Waals surface area contributed by atoms with Crippen LogP contribution in [0, 0.1) is 19.3 Å². The highest BCUT2D eigenvalue weighted by Crippen LogP contribution is 2.27. The van der Waals surface area contributed by atoms with E-state index in [4.69, 9.17) is 0 Å². The molecule has 0 saturated carbocycles. The summed E-state index contributed by atoms with van der Waals surface area (Å²) in [5.74, 6) is 0.254. The summed E-state index contributed by atoms with van der Waals surface area (Å²) in [4.78, 5) is 12.1. The minimum Gasteiger partial charge on any atom is -0.298 e. The molecule has 0 heterocycles. The zero-order valence-corrected chi connectivity index (χ0v) is 14.8. The fourth-order valence-electron chi connectivity index (χ4n) is 2.00. The van der Waals surface area contributed by atoms with Crippen LogP contribution < -0.4 is 0 Å². The number of Topliss-reactive ketones (excluding diaryl/α,β-unsaturated/α-hetero) is 1. The van der Waals surface area contributed by atoms with Crippen LogP contribution in [-0.4, -0.2) is 10.6 Å². The molecule has 18 heavy (non-hydrogen) atoms. The van der Waals surface area contributed by atoms with Gasteiger partial charge in [-0.3, -0.25) is 4.79 Å². The summed E-state index contributed by atoms with van der Waals surface area (Å²) in [5.41, 5.74) is 3.42. The monoisotopic (exact) mass is 374 g/mol. The van der Waals surface area contributed by atoms with Crippen LogP contribution >= 0.6 is 31.9 Å². The minimum atomic E-state index is -0.300. The standard InChI is InChI=1S/C15H20Br2O/c1-9-6-11(16)7-10(2)12(9)8-13(17)14(18)15(3,4)5/h6-7,13H,8H2,1-5H3. The highest BCUT2D eigenvalue weighted by atomic mass is 79.9. The molecule has 0 radical (unpaired) electrons. The molecule has 0 fully saturated rings. The number of ketones is 1. The zero-order valence-electron chi connectivity index (χ0n) is 11.6. The molecule has 1 rings (SSSR count). The van der Waals surface area contributed by atoms with Crippen molar-refractivity contribution in [2.75, 3.05) is 0 Å². The van der Waals surface area contributed by atoms with Crippen molar-refractivity contribution in [3.63, 3.8) is 0 Å². The van der Waals surface area contributed by atoms with E-state index in [1.807, 2.05) is 20.8 Å². The zero-order chi connectivity index (χ0) is 14.1. The first-order chi connectivity index (χ1) is 8.12. The molecule has 100 valence electrons. The second-order valence-electron chi connectivity index (χ2n) is 5.80. The quantitative estimate of drug-likeness (QED) is 0.680. The molecule has 0 saturated heterocycles. The summed E-state index contributed by atoms with van der Waals surface area (Å²) in [6, 6.07) is 4.20. The first-order valence-corrected chi connectivity index (χ1v) is 7.78. The molecule has 1 unspecified atom stereocenters. The van der Waals surface area contributed by atoms with Gasteiger partial charge in [0, 0.05) is 9.89 Å². The van der Waals surface area contributed by atoms with E-state index in [0.29, 0.717) is 0 Å². The number of hydrogen-bond acceptors (Lipinski definition) is 1. The third-order valence-electron chi connectivity index (χ3n) is 3.07. The van der Waals surface area contributed by atoms with Crippen molar-refractivity contribution in [3.05, 3.63) is 33.3 Å². The first-order valence-electron chi connectivity index (χ1n) is 6.07. The lowest BCUT2D eigenvalue weighted by Crippen LogP contribution is -2.30. The number of halogens is 2. The lowest BCUT2D eigenvalue weighted by atomic mass is 9.86. The van der Waals surface area contributed by atoms with Gasteiger partial charge < -0.3 is 0 Å². The number of carbonyl (C=O) groups is 1. The van der Waals surface area contributed by atoms with Gasteiger partial charge in [0.1, 0.15) is 0 Å². The van der Waals surface area contributed by atoms with Crippen molar-refractivity contribution in [2.45, 2.75) is 45.9 Å². The molecule has 0 aliphatic carbocycles. The van der Waals surface area contributed by atoms with Crippen LogP contribution in [-0.2, 0) is 11.2 Å². The van der Waals surface area contributed by atoms with Crippen molar-refractivity contribution >= 4 is 37.6 Å². The Kier molecular flexibility index (Phi) is 5.19. The summed E-state index contributed by atoms with van der Waals surface area (Å²) in [6.07, 6.45) is 0.751. The van der Waals surface area contributed by atoms with Crippen LogP contribution in [0.3, 0.4) is 0 Å². The number of alkyl halides is 1. The number of rotatable bonds is 3. The van der Waals surface area contributed by atoms with Crippen molar-refractivity contribution < 1.29 is 4.79 Å². The fraction of sp³-hybridized carbons (Fsp3) is 0.533. The molecule has 0 aromatic heterocycles. The Hall–Kier alpha value is -0.150. The smallest absolute Gasteiger partial charge is 0.152 e. The van der Waals surface area contributed by atoms with Crippen molar-refractivity contribution in [1.82, 2.24) is 0 Å². The maximum absolute atomic E-state index is 12.2. The molecular formula is C15H20Br2O. The fourth-order valence-corrected chi connectivity index (χ4v) is 3.70. The van der Waals surface area contributed by atoms with Gasteiger partial charge in [-0.1, -0.05) is 52.6 Å². The van der Waals surface area contributed by atoms with Crippen molar-refractivity contribution in [3.8, 4) is 0 Å². The van der Waals surface area contributed by atoms with Gasteiger partial charge in [-0.15, -0.1) is 0 Å². The van der Waals surface area contributed by atoms with Gasteiger partial charge in [0.25, 0.3) is 0 Å². The Morgan fingerprint density at radius 3 is 2.06 bits per heavy atom. The van der Waals surface area contributed by atoms with E-state index in [-0.39, 0.29) is 16.0 Å². The molecule has 0 N–H and O–H groups in total. The molecule has 1 aromatic rings. The minimum absolute atomic E-state index is 0.115. The van der Waals surface area contributed by atoms with Gasteiger partial charge in [0.2, 0.25) is 0 Å². The number of carbonyl (C=O) groups excluding carboxylic acids is 1. The second-order valence-corrected chi connectivity index (χ2v) is 7.83. The van der Waals surface area contributed by atoms with Crippen LogP contribution in [0.25, 0.3) is 0 Å². The molecular weight excluding hydrogens is 356 g/mol. The molecule has 0 bridgehead atoms. The molecule has 0 spiro atoms. The van der Waals surface area contributed by atoms with E-state index in [1.165, 1.54) is 16.7 Å². The molecule has 0 aliphatic heterocycles. The Morgan fingerprint density at radius 1 is 1.22 bits per heavy atom. The maximum Gasteiger partial charge on any atom is 0.152 e. The van der Waals surface area contributed by atoms with Gasteiger partial charge in [-0.05, 0) is 49.1 Å². The largest absolute Gasteiger partial charge is 0.298 e. The summed E-state index contributed by atoms with van der Waals surface area (Å²) in [5, 5.41) is 0. The Morgan fingerprint density at radius 2 is 1.67 bits per heavy atom. The summed E-state index contributed by atoms with van der Waals surface area (Å²) >= 11 is 7.04. The Labute approximate surface area is 127 Å². The maximum atomic E-state index is 12.2. The van der Waals surface area contributed by atoms with E-state index >= 15 is 0 Å². The van der Waals surface area contributed by atoms with Crippen LogP contribution in [0.1, 0.15) is 37.5 Å². The van der Waals surface area contributed by atoms with Gasteiger partial charge in [-0.25, -0.2) is 0 Å². The van der Waals surface area contributed by atoms with E-state index in [1.54, 1.807) is 0 Å².